The number of hydrogen-bond donors (Lipinski definition) is 0. The number of pyridine rings is 1. The molecule has 1 aromatic rings. The van der Waals surface area contributed by atoms with Crippen molar-refractivity contribution in [2.24, 2.45) is 0 Å². The third kappa shape index (κ3) is 2.17. The zero-order valence-electron chi connectivity index (χ0n) is 4.24. The van der Waals surface area contributed by atoms with Crippen LogP contribution in [0.4, 0.5) is 4.39 Å². The molecular weight excluding hydrogens is 300 g/mol. The average Bonchev–Trinajstić information content (AvgIpc) is 1.59. The van der Waals surface area contributed by atoms with Gasteiger partial charge in [-0.2, -0.15) is 4.39 Å². The van der Waals surface area contributed by atoms with Crippen LogP contribution in [-0.4, -0.2) is 4.98 Å². The van der Waals surface area contributed by atoms with Crippen LogP contribution < -0.4 is 0 Å². The van der Waals surface area contributed by atoms with Gasteiger partial charge >= 0.3 is 0 Å². The molecule has 0 fully saturated rings. The van der Waals surface area contributed by atoms with Crippen molar-refractivity contribution in [3.05, 3.63) is 26.3 Å². The van der Waals surface area contributed by atoms with Crippen molar-refractivity contribution in [1.82, 2.24) is 4.98 Å². The quantitative estimate of drug-likeness (QED) is 0.530. The van der Waals surface area contributed by atoms with E-state index < -0.39 is 5.95 Å². The fraction of sp³-hybridized carbons (Fsp3) is 0. The topological polar surface area (TPSA) is 12.9 Å². The van der Waals surface area contributed by atoms with Crippen molar-refractivity contribution in [2.45, 2.75) is 0 Å². The van der Waals surface area contributed by atoms with Gasteiger partial charge in [0.2, 0.25) is 5.95 Å². The summed E-state index contributed by atoms with van der Waals surface area (Å²) in [5.74, 6) is -0.450. The minimum atomic E-state index is -0.450. The number of halogens is 3. The molecule has 0 aliphatic carbocycles. The van der Waals surface area contributed by atoms with Gasteiger partial charge in [-0.15, -0.1) is 0 Å². The summed E-state index contributed by atoms with van der Waals surface area (Å²) < 4.78 is 13.7. The van der Waals surface area contributed by atoms with E-state index in [1.165, 1.54) is 6.07 Å². The minimum absolute atomic E-state index is 0.450. The molecule has 0 bridgehead atoms. The Morgan fingerprint density at radius 1 is 1.56 bits per heavy atom. The predicted octanol–water partition coefficient (Wildman–Crippen LogP) is 2.59. The zero-order chi connectivity index (χ0) is 6.85. The van der Waals surface area contributed by atoms with Crippen molar-refractivity contribution in [2.75, 3.05) is 0 Å². The molecule has 1 aromatic heterocycles. The highest BCUT2D eigenvalue weighted by Crippen LogP contribution is 2.12. The molecule has 1 nitrogen and oxygen atoms in total. The second kappa shape index (κ2) is 2.92. The van der Waals surface area contributed by atoms with E-state index in [-0.39, 0.29) is 0 Å². The Labute approximate surface area is 73.9 Å². The Bertz CT molecular complexity index is 178. The molecule has 4 heteroatoms. The Kier molecular flexibility index (Phi) is 2.40. The highest BCUT2D eigenvalue weighted by Gasteiger charge is 1.94. The molecule has 0 aliphatic rings. The van der Waals surface area contributed by atoms with Crippen molar-refractivity contribution in [3.63, 3.8) is 0 Å². The lowest BCUT2D eigenvalue weighted by atomic mass is 10.5. The Morgan fingerprint density at radius 2 is 2.22 bits per heavy atom. The molecule has 0 saturated heterocycles. The molecule has 0 saturated carbocycles. The molecule has 0 N–H and O–H groups in total. The van der Waals surface area contributed by atoms with E-state index in [0.29, 0.717) is 3.70 Å². The maximum absolute atomic E-state index is 12.3. The summed E-state index contributed by atoms with van der Waals surface area (Å²) in [6.07, 6.45) is 0. The van der Waals surface area contributed by atoms with E-state index >= 15 is 0 Å². The maximum atomic E-state index is 12.3. The largest absolute Gasteiger partial charge is 0.214 e. The lowest BCUT2D eigenvalue weighted by Crippen LogP contribution is -1.84. The smallest absolute Gasteiger partial charge is 0.214 e. The summed E-state index contributed by atoms with van der Waals surface area (Å²) in [6, 6.07) is 3.06. The van der Waals surface area contributed by atoms with Crippen molar-refractivity contribution in [1.29, 1.82) is 0 Å². The minimum Gasteiger partial charge on any atom is -0.214 e. The molecule has 0 radical (unpaired) electrons. The molecule has 0 aromatic carbocycles. The summed E-state index contributed by atoms with van der Waals surface area (Å²) in [5, 5.41) is 0. The van der Waals surface area contributed by atoms with Crippen LogP contribution in [0.3, 0.4) is 0 Å². The van der Waals surface area contributed by atoms with E-state index in [2.05, 4.69) is 20.9 Å². The summed E-state index contributed by atoms with van der Waals surface area (Å²) in [4.78, 5) is 3.52. The number of aromatic nitrogens is 1. The molecule has 0 spiro atoms. The molecule has 1 rings (SSSR count). The monoisotopic (exact) mass is 301 g/mol. The van der Waals surface area contributed by atoms with Gasteiger partial charge in [0.05, 0.1) is 0 Å². The molecule has 1 heterocycles. The molecule has 0 aliphatic heterocycles. The van der Waals surface area contributed by atoms with Crippen LogP contribution in [0.15, 0.2) is 16.6 Å². The van der Waals surface area contributed by atoms with Crippen LogP contribution in [0.1, 0.15) is 0 Å². The molecule has 48 valence electrons. The molecular formula is C5H2BrFIN. The van der Waals surface area contributed by atoms with E-state index in [4.69, 9.17) is 0 Å². The van der Waals surface area contributed by atoms with Crippen molar-refractivity contribution < 1.29 is 4.39 Å². The Hall–Kier alpha value is 0.290. The van der Waals surface area contributed by atoms with E-state index in [9.17, 15) is 4.39 Å². The highest BCUT2D eigenvalue weighted by molar-refractivity contribution is 14.1. The molecule has 0 unspecified atom stereocenters. The van der Waals surface area contributed by atoms with E-state index in [1.54, 1.807) is 6.07 Å². The van der Waals surface area contributed by atoms with Gasteiger partial charge in [-0.3, -0.25) is 0 Å². The third-order valence-electron chi connectivity index (χ3n) is 0.728. The lowest BCUT2D eigenvalue weighted by molar-refractivity contribution is 0.579. The first-order valence-electron chi connectivity index (χ1n) is 2.17. The van der Waals surface area contributed by atoms with Crippen LogP contribution in [0.5, 0.6) is 0 Å². The third-order valence-corrected chi connectivity index (χ3v) is 1.74. The SMILES string of the molecule is Fc1cc(Br)cc(I)n1. The average molecular weight is 302 g/mol. The number of nitrogens with zero attached hydrogens (tertiary/aromatic N) is 1. The Balaban J connectivity index is 3.17. The summed E-state index contributed by atoms with van der Waals surface area (Å²) in [6.45, 7) is 0. The van der Waals surface area contributed by atoms with Gasteiger partial charge in [-0.05, 0) is 28.7 Å². The van der Waals surface area contributed by atoms with Gasteiger partial charge in [0.25, 0.3) is 0 Å². The fourth-order valence-electron chi connectivity index (χ4n) is 0.436. The van der Waals surface area contributed by atoms with Gasteiger partial charge < -0.3 is 0 Å². The predicted molar refractivity (Wildman–Crippen MR) is 44.6 cm³/mol. The van der Waals surface area contributed by atoms with Crippen LogP contribution in [0.2, 0.25) is 0 Å². The first kappa shape index (κ1) is 7.40. The van der Waals surface area contributed by atoms with Gasteiger partial charge in [-0.1, -0.05) is 15.9 Å². The lowest BCUT2D eigenvalue weighted by Gasteiger charge is -1.90. The van der Waals surface area contributed by atoms with Gasteiger partial charge in [0, 0.05) is 10.5 Å². The molecule has 9 heavy (non-hydrogen) atoms. The van der Waals surface area contributed by atoms with Crippen LogP contribution >= 0.6 is 38.5 Å². The zero-order valence-corrected chi connectivity index (χ0v) is 7.98. The maximum Gasteiger partial charge on any atom is 0.214 e. The Morgan fingerprint density at radius 3 is 2.67 bits per heavy atom. The van der Waals surface area contributed by atoms with Crippen molar-refractivity contribution >= 4 is 38.5 Å². The normalized spacial score (nSPS) is 9.67. The summed E-state index contributed by atoms with van der Waals surface area (Å²) >= 11 is 5.08. The van der Waals surface area contributed by atoms with Crippen LogP contribution in [0.25, 0.3) is 0 Å². The van der Waals surface area contributed by atoms with Crippen molar-refractivity contribution in [3.8, 4) is 0 Å². The molecule has 0 amide bonds. The summed E-state index contributed by atoms with van der Waals surface area (Å²) in [5.41, 5.74) is 0. The summed E-state index contributed by atoms with van der Waals surface area (Å²) in [7, 11) is 0. The first-order valence-corrected chi connectivity index (χ1v) is 4.04. The number of rotatable bonds is 0. The van der Waals surface area contributed by atoms with Gasteiger partial charge in [0.1, 0.15) is 3.70 Å². The van der Waals surface area contributed by atoms with Gasteiger partial charge in [0.15, 0.2) is 0 Å². The fourth-order valence-corrected chi connectivity index (χ4v) is 1.84. The van der Waals surface area contributed by atoms with E-state index in [0.717, 1.165) is 4.47 Å². The number of hydrogen-bond acceptors (Lipinski definition) is 1. The standard InChI is InChI=1S/C5H2BrFIN/c6-3-1-4(7)9-5(8)2-3/h1-2H. The molecule has 0 atom stereocenters. The van der Waals surface area contributed by atoms with Crippen LogP contribution in [-0.2, 0) is 0 Å². The second-order valence-electron chi connectivity index (χ2n) is 1.43. The first-order chi connectivity index (χ1) is 4.18. The van der Waals surface area contributed by atoms with E-state index in [1.807, 2.05) is 22.6 Å². The highest BCUT2D eigenvalue weighted by atomic mass is 127. The van der Waals surface area contributed by atoms with Crippen LogP contribution in [0, 0.1) is 9.65 Å². The second-order valence-corrected chi connectivity index (χ2v) is 3.45. The van der Waals surface area contributed by atoms with Gasteiger partial charge in [-0.25, -0.2) is 4.98 Å².